The fourth-order valence-electron chi connectivity index (χ4n) is 2.42. The van der Waals surface area contributed by atoms with Crippen LogP contribution in [0.4, 0.5) is 10.5 Å². The van der Waals surface area contributed by atoms with Crippen LogP contribution in [0.2, 0.25) is 0 Å². The second-order valence-corrected chi connectivity index (χ2v) is 8.46. The van der Waals surface area contributed by atoms with Gasteiger partial charge < -0.3 is 10.2 Å². The highest BCUT2D eigenvalue weighted by Gasteiger charge is 2.35. The molecule has 22 heavy (non-hydrogen) atoms. The van der Waals surface area contributed by atoms with Gasteiger partial charge in [0.1, 0.15) is 0 Å². The number of nitrogens with zero attached hydrogens (tertiary/aromatic N) is 1. The highest BCUT2D eigenvalue weighted by atomic mass is 32.2. The summed E-state index contributed by atoms with van der Waals surface area (Å²) in [6.07, 6.45) is 2.34. The molecule has 1 N–H and O–H groups in total. The Balaban J connectivity index is 2.03. The molecule has 1 aliphatic carbocycles. The average molecular weight is 324 g/mol. The maximum absolute atomic E-state index is 12.4. The number of benzene rings is 1. The molecule has 2 amide bonds. The van der Waals surface area contributed by atoms with E-state index in [0.29, 0.717) is 17.5 Å². The zero-order valence-corrected chi connectivity index (χ0v) is 14.4. The van der Waals surface area contributed by atoms with Gasteiger partial charge in [-0.25, -0.2) is 13.2 Å². The number of nitrogens with one attached hydrogen (secondary N) is 1. The van der Waals surface area contributed by atoms with Gasteiger partial charge >= 0.3 is 6.03 Å². The Kier molecular flexibility index (Phi) is 4.80. The molecule has 1 aliphatic rings. The Morgan fingerprint density at radius 3 is 2.27 bits per heavy atom. The molecule has 1 fully saturated rings. The number of hydrogen-bond donors (Lipinski definition) is 1. The summed E-state index contributed by atoms with van der Waals surface area (Å²) in [4.78, 5) is 14.5. The van der Waals surface area contributed by atoms with E-state index < -0.39 is 9.84 Å². The van der Waals surface area contributed by atoms with Crippen molar-refractivity contribution in [3.8, 4) is 0 Å². The van der Waals surface area contributed by atoms with Crippen LogP contribution < -0.4 is 5.32 Å². The minimum atomic E-state index is -3.21. The Labute approximate surface area is 132 Å². The molecule has 122 valence electrons. The van der Waals surface area contributed by atoms with Crippen LogP contribution in [0.5, 0.6) is 0 Å². The number of urea groups is 1. The third-order valence-electron chi connectivity index (χ3n) is 4.13. The number of hydrogen-bond acceptors (Lipinski definition) is 3. The molecule has 0 aliphatic heterocycles. The Morgan fingerprint density at radius 1 is 1.32 bits per heavy atom. The maximum atomic E-state index is 12.4. The number of amides is 2. The number of carbonyl (C=O) groups is 1. The zero-order valence-electron chi connectivity index (χ0n) is 13.5. The standard InChI is InChI=1S/C16H24N2O3S/c1-11(2)18(10-13-9-12(13)3)16(19)17-14-5-7-15(8-6-14)22(4,20)21/h5-8,11-13H,9-10H2,1-4H3,(H,17,19)/t12-,13+/m0/s1. The van der Waals surface area contributed by atoms with E-state index in [0.717, 1.165) is 12.8 Å². The van der Waals surface area contributed by atoms with Gasteiger partial charge in [0.05, 0.1) is 4.90 Å². The molecule has 0 aromatic heterocycles. The van der Waals surface area contributed by atoms with E-state index >= 15 is 0 Å². The molecule has 2 rings (SSSR count). The van der Waals surface area contributed by atoms with Gasteiger partial charge in [-0.05, 0) is 56.4 Å². The van der Waals surface area contributed by atoms with Crippen LogP contribution in [0, 0.1) is 11.8 Å². The van der Waals surface area contributed by atoms with Crippen LogP contribution in [0.1, 0.15) is 27.2 Å². The zero-order chi connectivity index (χ0) is 16.5. The van der Waals surface area contributed by atoms with E-state index in [1.807, 2.05) is 18.7 Å². The minimum Gasteiger partial charge on any atom is -0.322 e. The lowest BCUT2D eigenvalue weighted by molar-refractivity contribution is 0.193. The summed E-state index contributed by atoms with van der Waals surface area (Å²) in [5.74, 6) is 1.30. The first-order chi connectivity index (χ1) is 10.2. The molecule has 2 atom stereocenters. The highest BCUT2D eigenvalue weighted by molar-refractivity contribution is 7.90. The molecule has 0 saturated heterocycles. The molecule has 1 aromatic carbocycles. The Bertz CT molecular complexity index is 638. The van der Waals surface area contributed by atoms with Crippen molar-refractivity contribution in [3.63, 3.8) is 0 Å². The second-order valence-electron chi connectivity index (χ2n) is 6.45. The van der Waals surface area contributed by atoms with Crippen molar-refractivity contribution in [3.05, 3.63) is 24.3 Å². The maximum Gasteiger partial charge on any atom is 0.322 e. The van der Waals surface area contributed by atoms with Crippen molar-refractivity contribution in [1.29, 1.82) is 0 Å². The first kappa shape index (κ1) is 16.8. The van der Waals surface area contributed by atoms with E-state index in [4.69, 9.17) is 0 Å². The lowest BCUT2D eigenvalue weighted by Gasteiger charge is -2.27. The van der Waals surface area contributed by atoms with Gasteiger partial charge in [-0.15, -0.1) is 0 Å². The molecule has 6 heteroatoms. The molecule has 1 saturated carbocycles. The van der Waals surface area contributed by atoms with Gasteiger partial charge in [-0.1, -0.05) is 6.92 Å². The molecule has 5 nitrogen and oxygen atoms in total. The highest BCUT2D eigenvalue weighted by Crippen LogP contribution is 2.38. The predicted octanol–water partition coefficient (Wildman–Crippen LogP) is 2.99. The largest absolute Gasteiger partial charge is 0.322 e. The van der Waals surface area contributed by atoms with Gasteiger partial charge in [0.2, 0.25) is 0 Å². The van der Waals surface area contributed by atoms with E-state index in [-0.39, 0.29) is 17.0 Å². The molecule has 0 radical (unpaired) electrons. The van der Waals surface area contributed by atoms with E-state index in [1.165, 1.54) is 18.6 Å². The fraction of sp³-hybridized carbons (Fsp3) is 0.562. The monoisotopic (exact) mass is 324 g/mol. The van der Waals surface area contributed by atoms with Crippen LogP contribution in [0.25, 0.3) is 0 Å². The molecule has 0 heterocycles. The van der Waals surface area contributed by atoms with E-state index in [2.05, 4.69) is 12.2 Å². The third-order valence-corrected chi connectivity index (χ3v) is 5.25. The summed E-state index contributed by atoms with van der Waals surface area (Å²) in [5, 5.41) is 2.84. The van der Waals surface area contributed by atoms with Crippen LogP contribution in [-0.2, 0) is 9.84 Å². The van der Waals surface area contributed by atoms with Crippen molar-refractivity contribution >= 4 is 21.6 Å². The van der Waals surface area contributed by atoms with Gasteiger partial charge in [0.15, 0.2) is 9.84 Å². The molecule has 0 bridgehead atoms. The van der Waals surface area contributed by atoms with E-state index in [9.17, 15) is 13.2 Å². The summed E-state index contributed by atoms with van der Waals surface area (Å²) >= 11 is 0. The van der Waals surface area contributed by atoms with Gasteiger partial charge in [-0.2, -0.15) is 0 Å². The van der Waals surface area contributed by atoms with E-state index in [1.54, 1.807) is 12.1 Å². The van der Waals surface area contributed by atoms with Crippen LogP contribution in [-0.4, -0.2) is 38.2 Å². The minimum absolute atomic E-state index is 0.128. The van der Waals surface area contributed by atoms with Gasteiger partial charge in [0.25, 0.3) is 0 Å². The first-order valence-corrected chi connectivity index (χ1v) is 9.45. The topological polar surface area (TPSA) is 66.5 Å². The average Bonchev–Trinajstić information content (AvgIpc) is 3.10. The normalized spacial score (nSPS) is 20.8. The quantitative estimate of drug-likeness (QED) is 0.905. The van der Waals surface area contributed by atoms with Crippen molar-refractivity contribution in [1.82, 2.24) is 4.90 Å². The number of anilines is 1. The summed E-state index contributed by atoms with van der Waals surface area (Å²) in [7, 11) is -3.21. The smallest absolute Gasteiger partial charge is 0.322 e. The molecular formula is C16H24N2O3S. The van der Waals surface area contributed by atoms with Gasteiger partial charge in [0, 0.05) is 24.5 Å². The summed E-state index contributed by atoms with van der Waals surface area (Å²) in [5.41, 5.74) is 0.604. The molecule has 1 aromatic rings. The summed E-state index contributed by atoms with van der Waals surface area (Å²) < 4.78 is 22.9. The number of carbonyl (C=O) groups excluding carboxylic acids is 1. The lowest BCUT2D eigenvalue weighted by atomic mass is 10.2. The fourth-order valence-corrected chi connectivity index (χ4v) is 3.05. The molecule has 0 spiro atoms. The SMILES string of the molecule is CC(C)N(C[C@H]1C[C@@H]1C)C(=O)Nc1ccc(S(C)(=O)=O)cc1. The van der Waals surface area contributed by atoms with Gasteiger partial charge in [-0.3, -0.25) is 0 Å². The number of rotatable bonds is 5. The van der Waals surface area contributed by atoms with Crippen molar-refractivity contribution in [2.24, 2.45) is 11.8 Å². The predicted molar refractivity (Wildman–Crippen MR) is 87.7 cm³/mol. The lowest BCUT2D eigenvalue weighted by Crippen LogP contribution is -2.41. The van der Waals surface area contributed by atoms with Crippen LogP contribution in [0.15, 0.2) is 29.2 Å². The van der Waals surface area contributed by atoms with Crippen molar-refractivity contribution < 1.29 is 13.2 Å². The molecular weight excluding hydrogens is 300 g/mol. The third kappa shape index (κ3) is 4.22. The summed E-state index contributed by atoms with van der Waals surface area (Å²) in [6, 6.07) is 6.24. The van der Waals surface area contributed by atoms with Crippen LogP contribution >= 0.6 is 0 Å². The number of sulfone groups is 1. The van der Waals surface area contributed by atoms with Crippen LogP contribution in [0.3, 0.4) is 0 Å². The van der Waals surface area contributed by atoms with Crippen molar-refractivity contribution in [2.75, 3.05) is 18.1 Å². The Morgan fingerprint density at radius 2 is 1.86 bits per heavy atom. The first-order valence-electron chi connectivity index (χ1n) is 7.56. The summed E-state index contributed by atoms with van der Waals surface area (Å²) in [6.45, 7) is 6.97. The van der Waals surface area contributed by atoms with Crippen molar-refractivity contribution in [2.45, 2.75) is 38.1 Å². The Hall–Kier alpha value is -1.56. The second kappa shape index (κ2) is 6.28. The molecule has 0 unspecified atom stereocenters.